The van der Waals surface area contributed by atoms with Gasteiger partial charge in [-0.2, -0.15) is 16.9 Å². The number of anilines is 1. The maximum Gasteiger partial charge on any atom is 0.226 e. The normalized spacial score (nSPS) is 16.6. The SMILES string of the molecule is CSCC(C)C(=O)N1CCN(c2nncc3ccccc23)CC1. The highest BCUT2D eigenvalue weighted by atomic mass is 32.2. The molecule has 1 aliphatic rings. The van der Waals surface area contributed by atoms with E-state index in [1.165, 1.54) is 0 Å². The number of thioether (sulfide) groups is 1. The fourth-order valence-corrected chi connectivity index (χ4v) is 3.66. The summed E-state index contributed by atoms with van der Waals surface area (Å²) in [6, 6.07) is 8.17. The number of piperazine rings is 1. The molecule has 0 bridgehead atoms. The average molecular weight is 330 g/mol. The highest BCUT2D eigenvalue weighted by Crippen LogP contribution is 2.24. The van der Waals surface area contributed by atoms with Crippen molar-refractivity contribution in [3.05, 3.63) is 30.5 Å². The zero-order valence-electron chi connectivity index (χ0n) is 13.6. The van der Waals surface area contributed by atoms with Crippen molar-refractivity contribution in [2.75, 3.05) is 43.1 Å². The number of aromatic nitrogens is 2. The molecule has 1 aliphatic heterocycles. The maximum atomic E-state index is 12.4. The van der Waals surface area contributed by atoms with E-state index in [1.54, 1.807) is 18.0 Å². The minimum Gasteiger partial charge on any atom is -0.351 e. The zero-order valence-corrected chi connectivity index (χ0v) is 14.4. The van der Waals surface area contributed by atoms with Gasteiger partial charge in [-0.05, 0) is 6.26 Å². The summed E-state index contributed by atoms with van der Waals surface area (Å²) in [6.07, 6.45) is 3.84. The standard InChI is InChI=1S/C17H22N4OS/c1-13(12-23-2)17(22)21-9-7-20(8-10-21)16-15-6-4-3-5-14(15)11-18-19-16/h3-6,11,13H,7-10,12H2,1-2H3. The van der Waals surface area contributed by atoms with E-state index in [2.05, 4.69) is 27.2 Å². The number of hydrogen-bond donors (Lipinski definition) is 0. The van der Waals surface area contributed by atoms with E-state index in [1.807, 2.05) is 30.2 Å². The van der Waals surface area contributed by atoms with Crippen molar-refractivity contribution in [1.82, 2.24) is 15.1 Å². The second-order valence-electron chi connectivity index (χ2n) is 5.92. The van der Waals surface area contributed by atoms with Crippen molar-refractivity contribution in [2.24, 2.45) is 5.92 Å². The van der Waals surface area contributed by atoms with Crippen molar-refractivity contribution in [3.63, 3.8) is 0 Å². The van der Waals surface area contributed by atoms with Gasteiger partial charge in [0.05, 0.1) is 6.20 Å². The van der Waals surface area contributed by atoms with Gasteiger partial charge in [0.1, 0.15) is 0 Å². The Morgan fingerprint density at radius 2 is 2.00 bits per heavy atom. The summed E-state index contributed by atoms with van der Waals surface area (Å²) >= 11 is 1.72. The first-order valence-corrected chi connectivity index (χ1v) is 9.33. The molecule has 1 atom stereocenters. The van der Waals surface area contributed by atoms with Crippen molar-refractivity contribution in [1.29, 1.82) is 0 Å². The van der Waals surface area contributed by atoms with Crippen LogP contribution in [0.25, 0.3) is 10.8 Å². The van der Waals surface area contributed by atoms with Gasteiger partial charge in [-0.15, -0.1) is 5.10 Å². The van der Waals surface area contributed by atoms with E-state index in [0.29, 0.717) is 0 Å². The molecule has 1 fully saturated rings. The molecule has 1 unspecified atom stereocenters. The lowest BCUT2D eigenvalue weighted by molar-refractivity contribution is -0.134. The molecule has 1 aromatic carbocycles. The molecular formula is C17H22N4OS. The summed E-state index contributed by atoms with van der Waals surface area (Å²) in [7, 11) is 0. The molecule has 1 aromatic heterocycles. The molecule has 0 aliphatic carbocycles. The van der Waals surface area contributed by atoms with Crippen LogP contribution in [-0.4, -0.2) is 59.2 Å². The Morgan fingerprint density at radius 1 is 1.26 bits per heavy atom. The fourth-order valence-electron chi connectivity index (χ4n) is 3.02. The van der Waals surface area contributed by atoms with E-state index in [0.717, 1.165) is 48.5 Å². The van der Waals surface area contributed by atoms with Gasteiger partial charge in [0.15, 0.2) is 5.82 Å². The van der Waals surface area contributed by atoms with Crippen LogP contribution in [0.2, 0.25) is 0 Å². The third-order valence-corrected chi connectivity index (χ3v) is 5.11. The highest BCUT2D eigenvalue weighted by molar-refractivity contribution is 7.98. The number of benzene rings is 1. The third-order valence-electron chi connectivity index (χ3n) is 4.28. The summed E-state index contributed by atoms with van der Waals surface area (Å²) in [6.45, 7) is 5.13. The zero-order chi connectivity index (χ0) is 16.2. The summed E-state index contributed by atoms with van der Waals surface area (Å²) in [5.41, 5.74) is 0. The monoisotopic (exact) mass is 330 g/mol. The Bertz CT molecular complexity index is 680. The predicted octanol–water partition coefficient (Wildman–Crippen LogP) is 2.28. The van der Waals surface area contributed by atoms with Crippen molar-refractivity contribution >= 4 is 34.3 Å². The summed E-state index contributed by atoms with van der Waals surface area (Å²) in [5.74, 6) is 2.16. The van der Waals surface area contributed by atoms with E-state index >= 15 is 0 Å². The largest absolute Gasteiger partial charge is 0.351 e. The second-order valence-corrected chi connectivity index (χ2v) is 6.83. The van der Waals surface area contributed by atoms with Crippen molar-refractivity contribution in [2.45, 2.75) is 6.92 Å². The summed E-state index contributed by atoms with van der Waals surface area (Å²) in [5, 5.41) is 10.7. The van der Waals surface area contributed by atoms with Crippen LogP contribution in [0, 0.1) is 5.92 Å². The average Bonchev–Trinajstić information content (AvgIpc) is 2.61. The number of rotatable bonds is 4. The lowest BCUT2D eigenvalue weighted by Crippen LogP contribution is -2.50. The first kappa shape index (κ1) is 16.1. The molecule has 23 heavy (non-hydrogen) atoms. The molecule has 0 N–H and O–H groups in total. The topological polar surface area (TPSA) is 49.3 Å². The molecule has 3 rings (SSSR count). The highest BCUT2D eigenvalue weighted by Gasteiger charge is 2.25. The molecule has 0 spiro atoms. The van der Waals surface area contributed by atoms with Crippen LogP contribution in [0.3, 0.4) is 0 Å². The summed E-state index contributed by atoms with van der Waals surface area (Å²) in [4.78, 5) is 16.6. The molecule has 0 radical (unpaired) electrons. The second kappa shape index (κ2) is 7.17. The smallest absolute Gasteiger partial charge is 0.226 e. The molecule has 1 amide bonds. The van der Waals surface area contributed by atoms with Gasteiger partial charge >= 0.3 is 0 Å². The lowest BCUT2D eigenvalue weighted by Gasteiger charge is -2.36. The van der Waals surface area contributed by atoms with Gasteiger partial charge in [0, 0.05) is 48.6 Å². The van der Waals surface area contributed by atoms with E-state index in [-0.39, 0.29) is 11.8 Å². The van der Waals surface area contributed by atoms with Gasteiger partial charge < -0.3 is 9.80 Å². The Hall–Kier alpha value is -1.82. The van der Waals surface area contributed by atoms with Gasteiger partial charge in [0.2, 0.25) is 5.91 Å². The minimum absolute atomic E-state index is 0.0916. The Morgan fingerprint density at radius 3 is 2.74 bits per heavy atom. The van der Waals surface area contributed by atoms with E-state index < -0.39 is 0 Å². The van der Waals surface area contributed by atoms with Crippen LogP contribution in [0.15, 0.2) is 30.5 Å². The van der Waals surface area contributed by atoms with Crippen LogP contribution >= 0.6 is 11.8 Å². The number of hydrogen-bond acceptors (Lipinski definition) is 5. The van der Waals surface area contributed by atoms with E-state index in [4.69, 9.17) is 0 Å². The first-order valence-electron chi connectivity index (χ1n) is 7.94. The first-order chi connectivity index (χ1) is 11.2. The van der Waals surface area contributed by atoms with Crippen LogP contribution in [0.5, 0.6) is 0 Å². The van der Waals surface area contributed by atoms with Gasteiger partial charge in [-0.25, -0.2) is 0 Å². The fraction of sp³-hybridized carbons (Fsp3) is 0.471. The Kier molecular flexibility index (Phi) is 5.00. The van der Waals surface area contributed by atoms with Gasteiger partial charge in [0.25, 0.3) is 0 Å². The van der Waals surface area contributed by atoms with Crippen molar-refractivity contribution in [3.8, 4) is 0 Å². The molecule has 0 saturated carbocycles. The van der Waals surface area contributed by atoms with Crippen LogP contribution in [0.4, 0.5) is 5.82 Å². The molecule has 6 heteroatoms. The third kappa shape index (κ3) is 3.42. The maximum absolute atomic E-state index is 12.4. The Balaban J connectivity index is 1.70. The van der Waals surface area contributed by atoms with Crippen LogP contribution < -0.4 is 4.90 Å². The summed E-state index contributed by atoms with van der Waals surface area (Å²) < 4.78 is 0. The van der Waals surface area contributed by atoms with Crippen molar-refractivity contribution < 1.29 is 4.79 Å². The molecule has 122 valence electrons. The Labute approximate surface area is 141 Å². The molecule has 2 aromatic rings. The number of amides is 1. The molecule has 1 saturated heterocycles. The van der Waals surface area contributed by atoms with E-state index in [9.17, 15) is 4.79 Å². The molecule has 2 heterocycles. The quantitative estimate of drug-likeness (QED) is 0.861. The minimum atomic E-state index is 0.0916. The van der Waals surface area contributed by atoms with Gasteiger partial charge in [-0.1, -0.05) is 31.2 Å². The molecule has 5 nitrogen and oxygen atoms in total. The van der Waals surface area contributed by atoms with Gasteiger partial charge in [-0.3, -0.25) is 4.79 Å². The lowest BCUT2D eigenvalue weighted by atomic mass is 10.1. The van der Waals surface area contributed by atoms with Crippen LogP contribution in [0.1, 0.15) is 6.92 Å². The van der Waals surface area contributed by atoms with Crippen LogP contribution in [-0.2, 0) is 4.79 Å². The number of carbonyl (C=O) groups excluding carboxylic acids is 1. The predicted molar refractivity (Wildman–Crippen MR) is 95.9 cm³/mol. The number of nitrogens with zero attached hydrogens (tertiary/aromatic N) is 4. The number of carbonyl (C=O) groups is 1. The number of fused-ring (bicyclic) bond motifs is 1. The molecular weight excluding hydrogens is 308 g/mol.